The highest BCUT2D eigenvalue weighted by molar-refractivity contribution is 8.01. The largest absolute Gasteiger partial charge is 0.477 e. The molecular weight excluding hydrogens is 302 g/mol. The molecule has 0 atom stereocenters. The highest BCUT2D eigenvalue weighted by Crippen LogP contribution is 2.43. The van der Waals surface area contributed by atoms with Crippen molar-refractivity contribution in [3.63, 3.8) is 0 Å². The fourth-order valence-electron chi connectivity index (χ4n) is 2.07. The van der Waals surface area contributed by atoms with Gasteiger partial charge in [-0.15, -0.1) is 23.1 Å². The van der Waals surface area contributed by atoms with Gasteiger partial charge < -0.3 is 5.11 Å². The van der Waals surface area contributed by atoms with E-state index in [0.29, 0.717) is 16.4 Å². The molecule has 0 radical (unpaired) electrons. The molecule has 0 aliphatic carbocycles. The summed E-state index contributed by atoms with van der Waals surface area (Å²) < 4.78 is 0.781. The first-order valence-corrected chi connectivity index (χ1v) is 8.18. The summed E-state index contributed by atoms with van der Waals surface area (Å²) in [5.74, 6) is -0.981. The minimum Gasteiger partial charge on any atom is -0.477 e. The van der Waals surface area contributed by atoms with Crippen LogP contribution in [-0.4, -0.2) is 16.3 Å². The first-order valence-electron chi connectivity index (χ1n) is 6.48. The van der Waals surface area contributed by atoms with E-state index in [-0.39, 0.29) is 4.88 Å². The van der Waals surface area contributed by atoms with E-state index in [1.54, 1.807) is 0 Å². The first-order chi connectivity index (χ1) is 9.95. The third-order valence-corrected chi connectivity index (χ3v) is 5.34. The molecular formula is C16H15NO2S2. The van der Waals surface area contributed by atoms with Gasteiger partial charge in [-0.05, 0) is 18.1 Å². The smallest absolute Gasteiger partial charge is 0.346 e. The Labute approximate surface area is 132 Å². The Balaban J connectivity index is 2.74. The molecule has 1 heterocycles. The van der Waals surface area contributed by atoms with E-state index in [1.165, 1.54) is 23.1 Å². The molecule has 0 aliphatic rings. The summed E-state index contributed by atoms with van der Waals surface area (Å²) in [5.41, 5.74) is 2.82. The fourth-order valence-corrected chi connectivity index (χ4v) is 4.62. The summed E-state index contributed by atoms with van der Waals surface area (Å²) >= 11 is 2.73. The molecule has 2 rings (SSSR count). The van der Waals surface area contributed by atoms with Crippen LogP contribution in [0, 0.1) is 18.3 Å². The summed E-state index contributed by atoms with van der Waals surface area (Å²) in [6.07, 6.45) is 0. The lowest BCUT2D eigenvalue weighted by atomic mass is 9.98. The van der Waals surface area contributed by atoms with Crippen LogP contribution in [-0.2, 0) is 0 Å². The van der Waals surface area contributed by atoms with E-state index >= 15 is 0 Å². The topological polar surface area (TPSA) is 61.1 Å². The highest BCUT2D eigenvalue weighted by Gasteiger charge is 2.25. The maximum Gasteiger partial charge on any atom is 0.346 e. The molecule has 1 aromatic carbocycles. The summed E-state index contributed by atoms with van der Waals surface area (Å²) in [6, 6.07) is 9.76. The van der Waals surface area contributed by atoms with Crippen molar-refractivity contribution >= 4 is 29.1 Å². The number of carboxylic acid groups (broad SMARTS) is 1. The SMILES string of the molecule is Cc1ccccc1-c1c(C(=O)O)sc(SC(C)C)c1C#N. The number of carboxylic acids is 1. The number of nitrogens with zero attached hydrogens (tertiary/aromatic N) is 1. The summed E-state index contributed by atoms with van der Waals surface area (Å²) in [4.78, 5) is 11.8. The molecule has 0 spiro atoms. The van der Waals surface area contributed by atoms with Gasteiger partial charge in [-0.2, -0.15) is 5.26 Å². The molecule has 0 aliphatic heterocycles. The number of hydrogen-bond donors (Lipinski definition) is 1. The molecule has 2 aromatic rings. The van der Waals surface area contributed by atoms with Crippen LogP contribution >= 0.6 is 23.1 Å². The van der Waals surface area contributed by atoms with E-state index in [4.69, 9.17) is 0 Å². The maximum absolute atomic E-state index is 11.6. The summed E-state index contributed by atoms with van der Waals surface area (Å²) in [5, 5.41) is 19.3. The highest BCUT2D eigenvalue weighted by atomic mass is 32.2. The number of aryl methyl sites for hydroxylation is 1. The van der Waals surface area contributed by atoms with Crippen LogP contribution in [0.5, 0.6) is 0 Å². The van der Waals surface area contributed by atoms with Gasteiger partial charge >= 0.3 is 5.97 Å². The van der Waals surface area contributed by atoms with Crippen LogP contribution in [0.15, 0.2) is 28.5 Å². The van der Waals surface area contributed by atoms with Gasteiger partial charge in [0.1, 0.15) is 10.9 Å². The number of rotatable bonds is 4. The molecule has 0 saturated heterocycles. The third-order valence-electron chi connectivity index (χ3n) is 2.94. The molecule has 108 valence electrons. The molecule has 0 unspecified atom stereocenters. The maximum atomic E-state index is 11.6. The standard InChI is InChI=1S/C16H15NO2S2/c1-9(2)20-16-12(8-17)13(14(21-16)15(18)19)11-7-5-4-6-10(11)3/h4-7,9H,1-3H3,(H,18,19). The Bertz CT molecular complexity index is 726. The Morgan fingerprint density at radius 1 is 1.38 bits per heavy atom. The lowest BCUT2D eigenvalue weighted by molar-refractivity contribution is 0.0703. The number of aromatic carboxylic acids is 1. The van der Waals surface area contributed by atoms with E-state index in [2.05, 4.69) is 6.07 Å². The number of thiophene rings is 1. The number of nitriles is 1. The van der Waals surface area contributed by atoms with Crippen molar-refractivity contribution in [2.75, 3.05) is 0 Å². The molecule has 5 heteroatoms. The molecule has 0 amide bonds. The molecule has 21 heavy (non-hydrogen) atoms. The second kappa shape index (κ2) is 6.33. The number of benzene rings is 1. The quantitative estimate of drug-likeness (QED) is 0.823. The zero-order chi connectivity index (χ0) is 15.6. The van der Waals surface area contributed by atoms with Gasteiger partial charge in [0.15, 0.2) is 0 Å². The van der Waals surface area contributed by atoms with E-state index in [9.17, 15) is 15.2 Å². The number of carbonyl (C=O) groups is 1. The Hall–Kier alpha value is -1.77. The predicted octanol–water partition coefficient (Wildman–Crippen LogP) is 4.79. The second-order valence-corrected chi connectivity index (χ2v) is 7.73. The minimum atomic E-state index is -0.981. The Morgan fingerprint density at radius 2 is 2.05 bits per heavy atom. The molecule has 3 nitrogen and oxygen atoms in total. The fraction of sp³-hybridized carbons (Fsp3) is 0.250. The Kier molecular flexibility index (Phi) is 4.71. The van der Waals surface area contributed by atoms with Crippen molar-refractivity contribution in [3.8, 4) is 17.2 Å². The van der Waals surface area contributed by atoms with Gasteiger partial charge in [0, 0.05) is 10.8 Å². The molecule has 0 bridgehead atoms. The second-order valence-electron chi connectivity index (χ2n) is 4.87. The van der Waals surface area contributed by atoms with Crippen LogP contribution < -0.4 is 0 Å². The zero-order valence-electron chi connectivity index (χ0n) is 12.0. The minimum absolute atomic E-state index is 0.240. The lowest BCUT2D eigenvalue weighted by Crippen LogP contribution is -1.96. The van der Waals surface area contributed by atoms with Crippen molar-refractivity contribution in [2.45, 2.75) is 30.2 Å². The third kappa shape index (κ3) is 3.12. The number of hydrogen-bond acceptors (Lipinski definition) is 4. The molecule has 1 N–H and O–H groups in total. The average Bonchev–Trinajstić information content (AvgIpc) is 2.77. The van der Waals surface area contributed by atoms with Gasteiger partial charge in [-0.1, -0.05) is 38.1 Å². The monoisotopic (exact) mass is 317 g/mol. The van der Waals surface area contributed by atoms with Crippen LogP contribution in [0.2, 0.25) is 0 Å². The predicted molar refractivity (Wildman–Crippen MR) is 87.2 cm³/mol. The van der Waals surface area contributed by atoms with Crippen molar-refractivity contribution in [3.05, 3.63) is 40.3 Å². The molecule has 0 fully saturated rings. The zero-order valence-corrected chi connectivity index (χ0v) is 13.6. The van der Waals surface area contributed by atoms with Crippen molar-refractivity contribution in [1.82, 2.24) is 0 Å². The van der Waals surface area contributed by atoms with Gasteiger partial charge in [-0.3, -0.25) is 0 Å². The first kappa shape index (κ1) is 15.6. The van der Waals surface area contributed by atoms with E-state index in [0.717, 1.165) is 15.3 Å². The molecule has 0 saturated carbocycles. The van der Waals surface area contributed by atoms with Crippen LogP contribution in [0.4, 0.5) is 0 Å². The van der Waals surface area contributed by atoms with Crippen LogP contribution in [0.1, 0.15) is 34.6 Å². The van der Waals surface area contributed by atoms with Crippen LogP contribution in [0.25, 0.3) is 11.1 Å². The van der Waals surface area contributed by atoms with Gasteiger partial charge in [0.05, 0.1) is 9.77 Å². The van der Waals surface area contributed by atoms with Gasteiger partial charge in [0.25, 0.3) is 0 Å². The van der Waals surface area contributed by atoms with Gasteiger partial charge in [0.2, 0.25) is 0 Å². The van der Waals surface area contributed by atoms with Crippen molar-refractivity contribution in [1.29, 1.82) is 5.26 Å². The Morgan fingerprint density at radius 3 is 2.57 bits per heavy atom. The van der Waals surface area contributed by atoms with E-state index < -0.39 is 5.97 Å². The lowest BCUT2D eigenvalue weighted by Gasteiger charge is -2.06. The number of thioether (sulfide) groups is 1. The van der Waals surface area contributed by atoms with Crippen molar-refractivity contribution in [2.24, 2.45) is 0 Å². The van der Waals surface area contributed by atoms with Crippen molar-refractivity contribution < 1.29 is 9.90 Å². The average molecular weight is 317 g/mol. The van der Waals surface area contributed by atoms with Gasteiger partial charge in [-0.25, -0.2) is 4.79 Å². The summed E-state index contributed by atoms with van der Waals surface area (Å²) in [6.45, 7) is 5.98. The molecule has 1 aromatic heterocycles. The van der Waals surface area contributed by atoms with Crippen LogP contribution in [0.3, 0.4) is 0 Å². The van der Waals surface area contributed by atoms with E-state index in [1.807, 2.05) is 45.0 Å². The normalized spacial score (nSPS) is 10.6. The summed E-state index contributed by atoms with van der Waals surface area (Å²) in [7, 11) is 0.